The lowest BCUT2D eigenvalue weighted by atomic mass is 10.0. The van der Waals surface area contributed by atoms with Gasteiger partial charge in [0, 0.05) is 50.7 Å². The molecule has 27 heavy (non-hydrogen) atoms. The Labute approximate surface area is 166 Å². The molecule has 2 aromatic rings. The van der Waals surface area contributed by atoms with Crippen molar-refractivity contribution < 1.29 is 0 Å². The van der Waals surface area contributed by atoms with Crippen molar-refractivity contribution in [1.82, 2.24) is 20.5 Å². The van der Waals surface area contributed by atoms with Crippen LogP contribution in [0.15, 0.2) is 40.1 Å². The van der Waals surface area contributed by atoms with E-state index in [1.54, 1.807) is 11.3 Å². The van der Waals surface area contributed by atoms with Gasteiger partial charge in [-0.25, -0.2) is 0 Å². The first-order valence-corrected chi connectivity index (χ1v) is 10.9. The Morgan fingerprint density at radius 2 is 2.11 bits per heavy atom. The monoisotopic (exact) mass is 385 g/mol. The summed E-state index contributed by atoms with van der Waals surface area (Å²) in [7, 11) is 0. The molecule has 0 bridgehead atoms. The van der Waals surface area contributed by atoms with Crippen LogP contribution in [-0.4, -0.2) is 48.1 Å². The number of likely N-dealkylation sites (tertiary alicyclic amines) is 1. The van der Waals surface area contributed by atoms with Crippen molar-refractivity contribution in [2.45, 2.75) is 45.7 Å². The third-order valence-electron chi connectivity index (χ3n) is 4.90. The van der Waals surface area contributed by atoms with Gasteiger partial charge >= 0.3 is 0 Å². The lowest BCUT2D eigenvalue weighted by molar-refractivity contribution is 0.198. The summed E-state index contributed by atoms with van der Waals surface area (Å²) in [6, 6.07) is 6.94. The van der Waals surface area contributed by atoms with Crippen LogP contribution in [-0.2, 0) is 13.0 Å². The van der Waals surface area contributed by atoms with Gasteiger partial charge in [-0.2, -0.15) is 11.3 Å². The number of aryl methyl sites for hydroxylation is 1. The lowest BCUT2D eigenvalue weighted by Gasteiger charge is -2.33. The summed E-state index contributed by atoms with van der Waals surface area (Å²) in [5, 5.41) is 11.4. The van der Waals surface area contributed by atoms with Crippen molar-refractivity contribution in [2.75, 3.05) is 26.2 Å². The van der Waals surface area contributed by atoms with Crippen molar-refractivity contribution in [2.24, 2.45) is 4.99 Å². The Morgan fingerprint density at radius 3 is 2.78 bits per heavy atom. The van der Waals surface area contributed by atoms with E-state index in [0.29, 0.717) is 6.04 Å². The third-order valence-corrected chi connectivity index (χ3v) is 5.63. The summed E-state index contributed by atoms with van der Waals surface area (Å²) in [6.45, 7) is 9.15. The first kappa shape index (κ1) is 19.8. The van der Waals surface area contributed by atoms with Gasteiger partial charge in [0.15, 0.2) is 5.96 Å². The molecule has 0 amide bonds. The summed E-state index contributed by atoms with van der Waals surface area (Å²) in [5.74, 6) is 0.939. The largest absolute Gasteiger partial charge is 0.357 e. The van der Waals surface area contributed by atoms with E-state index in [2.05, 4.69) is 56.4 Å². The van der Waals surface area contributed by atoms with Gasteiger partial charge in [0.2, 0.25) is 0 Å². The molecule has 3 heterocycles. The fraction of sp³-hybridized carbons (Fsp3) is 0.524. The minimum atomic E-state index is 0.502. The number of hydrogen-bond acceptors (Lipinski definition) is 4. The maximum atomic E-state index is 4.76. The van der Waals surface area contributed by atoms with E-state index < -0.39 is 0 Å². The Kier molecular flexibility index (Phi) is 7.66. The van der Waals surface area contributed by atoms with Crippen molar-refractivity contribution in [3.63, 3.8) is 0 Å². The molecule has 1 fully saturated rings. The number of rotatable bonds is 7. The highest BCUT2D eigenvalue weighted by molar-refractivity contribution is 7.07. The van der Waals surface area contributed by atoms with Gasteiger partial charge in [0.1, 0.15) is 0 Å². The number of nitrogens with zero attached hydrogens (tertiary/aromatic N) is 3. The number of aliphatic imine (C=N–C) groups is 1. The van der Waals surface area contributed by atoms with Gasteiger partial charge < -0.3 is 10.6 Å². The standard InChI is InChI=1S/C21H31N5S/c1-3-22-21(23-10-6-18-5-4-17(2)24-14-18)25-20-7-11-26(12-8-20)15-19-9-13-27-16-19/h4-5,9,13-14,16,20H,3,6-8,10-12,15H2,1-2H3,(H2,22,23,25). The SMILES string of the molecule is CCNC(=NCCc1ccc(C)nc1)NC1CCN(Cc2ccsc2)CC1. The smallest absolute Gasteiger partial charge is 0.191 e. The number of nitrogens with one attached hydrogen (secondary N) is 2. The van der Waals surface area contributed by atoms with Gasteiger partial charge in [-0.05, 0) is 67.1 Å². The highest BCUT2D eigenvalue weighted by Gasteiger charge is 2.20. The zero-order valence-electron chi connectivity index (χ0n) is 16.4. The van der Waals surface area contributed by atoms with Gasteiger partial charge in [0.25, 0.3) is 0 Å². The molecule has 0 atom stereocenters. The van der Waals surface area contributed by atoms with E-state index in [1.807, 2.05) is 13.1 Å². The Hall–Kier alpha value is -1.92. The first-order valence-electron chi connectivity index (χ1n) is 9.92. The molecular formula is C21H31N5S. The zero-order valence-corrected chi connectivity index (χ0v) is 17.3. The van der Waals surface area contributed by atoms with Gasteiger partial charge in [-0.3, -0.25) is 14.9 Å². The molecule has 1 aliphatic rings. The van der Waals surface area contributed by atoms with Crippen LogP contribution >= 0.6 is 11.3 Å². The Bertz CT molecular complexity index is 688. The molecule has 0 saturated carbocycles. The molecule has 3 rings (SSSR count). The number of aromatic nitrogens is 1. The predicted octanol–water partition coefficient (Wildman–Crippen LogP) is 3.21. The first-order chi connectivity index (χ1) is 13.2. The van der Waals surface area contributed by atoms with Crippen LogP contribution in [0.1, 0.15) is 36.6 Å². The van der Waals surface area contributed by atoms with Crippen LogP contribution in [0.4, 0.5) is 0 Å². The number of hydrogen-bond donors (Lipinski definition) is 2. The fourth-order valence-corrected chi connectivity index (χ4v) is 3.99. The molecule has 2 aromatic heterocycles. The van der Waals surface area contributed by atoms with Crippen molar-refractivity contribution in [1.29, 1.82) is 0 Å². The average Bonchev–Trinajstić information content (AvgIpc) is 3.18. The van der Waals surface area contributed by atoms with Crippen LogP contribution in [0.5, 0.6) is 0 Å². The number of pyridine rings is 1. The normalized spacial score (nSPS) is 16.4. The quantitative estimate of drug-likeness (QED) is 0.568. The molecule has 0 spiro atoms. The molecule has 146 valence electrons. The van der Waals surface area contributed by atoms with Gasteiger partial charge in [-0.15, -0.1) is 0 Å². The Morgan fingerprint density at radius 1 is 1.26 bits per heavy atom. The van der Waals surface area contributed by atoms with Crippen molar-refractivity contribution >= 4 is 17.3 Å². The molecule has 5 nitrogen and oxygen atoms in total. The molecule has 0 aromatic carbocycles. The van der Waals surface area contributed by atoms with Gasteiger partial charge in [0.05, 0.1) is 0 Å². The van der Waals surface area contributed by atoms with Crippen LogP contribution in [0.2, 0.25) is 0 Å². The van der Waals surface area contributed by atoms with E-state index >= 15 is 0 Å². The summed E-state index contributed by atoms with van der Waals surface area (Å²) in [6.07, 6.45) is 5.20. The number of piperidine rings is 1. The molecule has 1 aliphatic heterocycles. The lowest BCUT2D eigenvalue weighted by Crippen LogP contribution is -2.48. The van der Waals surface area contributed by atoms with E-state index in [1.165, 1.54) is 11.1 Å². The second-order valence-corrected chi connectivity index (χ2v) is 7.92. The number of guanidine groups is 1. The van der Waals surface area contributed by atoms with E-state index in [4.69, 9.17) is 4.99 Å². The van der Waals surface area contributed by atoms with Crippen molar-refractivity contribution in [3.8, 4) is 0 Å². The highest BCUT2D eigenvalue weighted by atomic mass is 32.1. The third kappa shape index (κ3) is 6.63. The highest BCUT2D eigenvalue weighted by Crippen LogP contribution is 2.15. The second kappa shape index (κ2) is 10.4. The predicted molar refractivity (Wildman–Crippen MR) is 114 cm³/mol. The molecule has 1 saturated heterocycles. The fourth-order valence-electron chi connectivity index (χ4n) is 3.33. The maximum Gasteiger partial charge on any atom is 0.191 e. The van der Waals surface area contributed by atoms with Crippen LogP contribution in [0, 0.1) is 6.92 Å². The topological polar surface area (TPSA) is 52.6 Å². The summed E-state index contributed by atoms with van der Waals surface area (Å²) < 4.78 is 0. The van der Waals surface area contributed by atoms with Crippen molar-refractivity contribution in [3.05, 3.63) is 52.0 Å². The van der Waals surface area contributed by atoms with E-state index in [9.17, 15) is 0 Å². The molecular weight excluding hydrogens is 354 g/mol. The zero-order chi connectivity index (χ0) is 18.9. The molecule has 0 radical (unpaired) electrons. The minimum absolute atomic E-state index is 0.502. The second-order valence-electron chi connectivity index (χ2n) is 7.14. The van der Waals surface area contributed by atoms with Gasteiger partial charge in [-0.1, -0.05) is 6.07 Å². The molecule has 2 N–H and O–H groups in total. The van der Waals surface area contributed by atoms with E-state index in [-0.39, 0.29) is 0 Å². The average molecular weight is 386 g/mol. The molecule has 0 unspecified atom stereocenters. The molecule has 6 heteroatoms. The summed E-state index contributed by atoms with van der Waals surface area (Å²) >= 11 is 1.78. The van der Waals surface area contributed by atoms with Crippen LogP contribution in [0.25, 0.3) is 0 Å². The molecule has 0 aliphatic carbocycles. The van der Waals surface area contributed by atoms with E-state index in [0.717, 1.165) is 63.6 Å². The maximum absolute atomic E-state index is 4.76. The van der Waals surface area contributed by atoms with Crippen LogP contribution < -0.4 is 10.6 Å². The van der Waals surface area contributed by atoms with Crippen LogP contribution in [0.3, 0.4) is 0 Å². The number of thiophene rings is 1. The minimum Gasteiger partial charge on any atom is -0.357 e. The summed E-state index contributed by atoms with van der Waals surface area (Å²) in [4.78, 5) is 11.7. The Balaban J connectivity index is 1.44. The summed E-state index contributed by atoms with van der Waals surface area (Å²) in [5.41, 5.74) is 3.73.